The molecule has 0 unspecified atom stereocenters. The minimum atomic E-state index is -1.07. The van der Waals surface area contributed by atoms with Gasteiger partial charge in [-0.25, -0.2) is 4.79 Å². The fraction of sp³-hybridized carbons (Fsp3) is 0.231. The Kier molecular flexibility index (Phi) is 6.94. The number of aromatic carboxylic acids is 1. The Morgan fingerprint density at radius 2 is 1.25 bits per heavy atom. The summed E-state index contributed by atoms with van der Waals surface area (Å²) in [5.74, 6) is -1.39. The maximum absolute atomic E-state index is 12.6. The van der Waals surface area contributed by atoms with Crippen LogP contribution in [-0.2, 0) is 13.1 Å². The smallest absolute Gasteiger partial charge is 0.337 e. The van der Waals surface area contributed by atoms with E-state index in [9.17, 15) is 14.7 Å². The lowest BCUT2D eigenvalue weighted by atomic mass is 10.1. The highest BCUT2D eigenvalue weighted by Gasteiger charge is 2.17. The van der Waals surface area contributed by atoms with E-state index in [1.807, 2.05) is 18.2 Å². The zero-order chi connectivity index (χ0) is 22.3. The number of anilines is 1. The van der Waals surface area contributed by atoms with Crippen LogP contribution < -0.4 is 5.32 Å². The van der Waals surface area contributed by atoms with Crippen LogP contribution in [0.4, 0.5) is 5.69 Å². The summed E-state index contributed by atoms with van der Waals surface area (Å²) < 4.78 is 0. The minimum Gasteiger partial charge on any atom is -0.478 e. The van der Waals surface area contributed by atoms with E-state index < -0.39 is 5.97 Å². The summed E-state index contributed by atoms with van der Waals surface area (Å²) in [6.07, 6.45) is 0. The Hall–Kier alpha value is -3.48. The molecule has 0 spiro atoms. The van der Waals surface area contributed by atoms with Crippen molar-refractivity contribution in [2.75, 3.05) is 31.5 Å². The van der Waals surface area contributed by atoms with Crippen molar-refractivity contribution in [1.82, 2.24) is 9.80 Å². The first-order valence-corrected chi connectivity index (χ1v) is 10.8. The number of benzene rings is 3. The van der Waals surface area contributed by atoms with Crippen LogP contribution in [0.25, 0.3) is 0 Å². The van der Waals surface area contributed by atoms with Crippen LogP contribution in [0, 0.1) is 0 Å². The number of piperazine rings is 1. The SMILES string of the molecule is O=C(Nc1ccccc1C(=O)O)c1ccc(CN2CCN(Cc3ccccc3)CC2)cc1. The van der Waals surface area contributed by atoms with Gasteiger partial charge in [-0.1, -0.05) is 54.6 Å². The predicted octanol–water partition coefficient (Wildman–Crippen LogP) is 3.95. The Morgan fingerprint density at radius 1 is 0.719 bits per heavy atom. The van der Waals surface area contributed by atoms with E-state index in [1.165, 1.54) is 11.6 Å². The number of carboxylic acids is 1. The maximum Gasteiger partial charge on any atom is 0.337 e. The van der Waals surface area contributed by atoms with E-state index >= 15 is 0 Å². The van der Waals surface area contributed by atoms with Crippen molar-refractivity contribution < 1.29 is 14.7 Å². The molecule has 0 saturated carbocycles. The standard InChI is InChI=1S/C26H27N3O3/c30-25(27-24-9-5-4-8-23(24)26(31)32)22-12-10-21(11-13-22)19-29-16-14-28(15-17-29)18-20-6-2-1-3-7-20/h1-13H,14-19H2,(H,27,30)(H,31,32). The number of carbonyl (C=O) groups excluding carboxylic acids is 1. The highest BCUT2D eigenvalue weighted by Crippen LogP contribution is 2.17. The molecule has 6 nitrogen and oxygen atoms in total. The first-order valence-electron chi connectivity index (χ1n) is 10.8. The highest BCUT2D eigenvalue weighted by atomic mass is 16.4. The number of rotatable bonds is 7. The van der Waals surface area contributed by atoms with Crippen LogP contribution in [0.2, 0.25) is 0 Å². The first-order chi connectivity index (χ1) is 15.6. The second-order valence-electron chi connectivity index (χ2n) is 8.04. The van der Waals surface area contributed by atoms with Gasteiger partial charge in [-0.05, 0) is 35.4 Å². The van der Waals surface area contributed by atoms with Gasteiger partial charge in [-0.2, -0.15) is 0 Å². The Labute approximate surface area is 188 Å². The van der Waals surface area contributed by atoms with Crippen LogP contribution in [0.15, 0.2) is 78.9 Å². The van der Waals surface area contributed by atoms with E-state index in [0.717, 1.165) is 44.8 Å². The van der Waals surface area contributed by atoms with E-state index in [0.29, 0.717) is 11.3 Å². The first kappa shape index (κ1) is 21.7. The molecule has 2 N–H and O–H groups in total. The van der Waals surface area contributed by atoms with E-state index in [-0.39, 0.29) is 11.5 Å². The van der Waals surface area contributed by atoms with Crippen LogP contribution in [0.3, 0.4) is 0 Å². The fourth-order valence-corrected chi connectivity index (χ4v) is 3.94. The molecule has 1 aliphatic rings. The summed E-state index contributed by atoms with van der Waals surface area (Å²) in [5.41, 5.74) is 3.37. The Morgan fingerprint density at radius 3 is 1.84 bits per heavy atom. The molecule has 3 aromatic rings. The number of hydrogen-bond acceptors (Lipinski definition) is 4. The highest BCUT2D eigenvalue weighted by molar-refractivity contribution is 6.07. The summed E-state index contributed by atoms with van der Waals surface area (Å²) in [4.78, 5) is 28.8. The molecule has 0 atom stereocenters. The zero-order valence-electron chi connectivity index (χ0n) is 17.9. The number of carbonyl (C=O) groups is 2. The van der Waals surface area contributed by atoms with Gasteiger partial charge in [0.05, 0.1) is 11.3 Å². The van der Waals surface area contributed by atoms with Gasteiger partial charge < -0.3 is 10.4 Å². The van der Waals surface area contributed by atoms with E-state index in [2.05, 4.69) is 39.4 Å². The van der Waals surface area contributed by atoms with Crippen molar-refractivity contribution in [3.63, 3.8) is 0 Å². The van der Waals surface area contributed by atoms with Gasteiger partial charge in [-0.15, -0.1) is 0 Å². The zero-order valence-corrected chi connectivity index (χ0v) is 17.9. The summed E-state index contributed by atoms with van der Waals surface area (Å²) in [6.45, 7) is 5.95. The molecule has 0 radical (unpaired) electrons. The van der Waals surface area contributed by atoms with Gasteiger partial charge in [-0.3, -0.25) is 14.6 Å². The topological polar surface area (TPSA) is 72.9 Å². The van der Waals surface area contributed by atoms with Crippen LogP contribution in [0.5, 0.6) is 0 Å². The average molecular weight is 430 g/mol. The third kappa shape index (κ3) is 5.60. The van der Waals surface area contributed by atoms with Crippen molar-refractivity contribution >= 4 is 17.6 Å². The molecule has 3 aromatic carbocycles. The molecular formula is C26H27N3O3. The second-order valence-corrected chi connectivity index (χ2v) is 8.04. The molecule has 164 valence electrons. The average Bonchev–Trinajstić information content (AvgIpc) is 2.82. The molecule has 6 heteroatoms. The second kappa shape index (κ2) is 10.2. The molecule has 1 fully saturated rings. The lowest BCUT2D eigenvalue weighted by Crippen LogP contribution is -2.45. The van der Waals surface area contributed by atoms with Crippen molar-refractivity contribution in [3.05, 3.63) is 101 Å². The Balaban J connectivity index is 1.29. The Bertz CT molecular complexity index is 1060. The molecule has 0 aromatic heterocycles. The van der Waals surface area contributed by atoms with Crippen molar-refractivity contribution in [3.8, 4) is 0 Å². The predicted molar refractivity (Wildman–Crippen MR) is 125 cm³/mol. The van der Waals surface area contributed by atoms with Crippen molar-refractivity contribution in [1.29, 1.82) is 0 Å². The van der Waals surface area contributed by atoms with Crippen molar-refractivity contribution in [2.24, 2.45) is 0 Å². The lowest BCUT2D eigenvalue weighted by Gasteiger charge is -2.34. The van der Waals surface area contributed by atoms with Gasteiger partial charge in [0.15, 0.2) is 0 Å². The summed E-state index contributed by atoms with van der Waals surface area (Å²) >= 11 is 0. The number of hydrogen-bond donors (Lipinski definition) is 2. The minimum absolute atomic E-state index is 0.0730. The van der Waals surface area contributed by atoms with Gasteiger partial charge in [0.25, 0.3) is 5.91 Å². The normalized spacial score (nSPS) is 14.8. The number of nitrogens with one attached hydrogen (secondary N) is 1. The largest absolute Gasteiger partial charge is 0.478 e. The number of amides is 1. The third-order valence-corrected chi connectivity index (χ3v) is 5.74. The molecule has 1 heterocycles. The number of nitrogens with zero attached hydrogens (tertiary/aromatic N) is 2. The maximum atomic E-state index is 12.6. The van der Waals surface area contributed by atoms with Gasteiger partial charge in [0, 0.05) is 44.8 Å². The van der Waals surface area contributed by atoms with Crippen LogP contribution >= 0.6 is 0 Å². The summed E-state index contributed by atoms with van der Waals surface area (Å²) in [7, 11) is 0. The van der Waals surface area contributed by atoms with Crippen molar-refractivity contribution in [2.45, 2.75) is 13.1 Å². The molecule has 0 aliphatic carbocycles. The molecular weight excluding hydrogens is 402 g/mol. The van der Waals surface area contributed by atoms with Crippen LogP contribution in [-0.4, -0.2) is 53.0 Å². The van der Waals surface area contributed by atoms with Crippen LogP contribution in [0.1, 0.15) is 31.8 Å². The van der Waals surface area contributed by atoms with Gasteiger partial charge in [0.1, 0.15) is 0 Å². The summed E-state index contributed by atoms with van der Waals surface area (Å²) in [5, 5.41) is 12.0. The fourth-order valence-electron chi connectivity index (χ4n) is 3.94. The van der Waals surface area contributed by atoms with E-state index in [1.54, 1.807) is 30.3 Å². The van der Waals surface area contributed by atoms with Gasteiger partial charge >= 0.3 is 5.97 Å². The lowest BCUT2D eigenvalue weighted by molar-refractivity contribution is 0.0698. The number of carboxylic acid groups (broad SMARTS) is 1. The van der Waals surface area contributed by atoms with Gasteiger partial charge in [0.2, 0.25) is 0 Å². The molecule has 32 heavy (non-hydrogen) atoms. The molecule has 1 amide bonds. The third-order valence-electron chi connectivity index (χ3n) is 5.74. The summed E-state index contributed by atoms with van der Waals surface area (Å²) in [6, 6.07) is 24.5. The molecule has 1 saturated heterocycles. The molecule has 4 rings (SSSR count). The molecule has 0 bridgehead atoms. The monoisotopic (exact) mass is 429 g/mol. The van der Waals surface area contributed by atoms with E-state index in [4.69, 9.17) is 0 Å². The number of para-hydroxylation sites is 1. The quantitative estimate of drug-likeness (QED) is 0.595. The molecule has 1 aliphatic heterocycles.